The summed E-state index contributed by atoms with van der Waals surface area (Å²) < 4.78 is 21.1. The Morgan fingerprint density at radius 3 is 2.88 bits per heavy atom. The Labute approximate surface area is 141 Å². The second-order valence-electron chi connectivity index (χ2n) is 6.35. The Hall–Kier alpha value is -2.80. The molecule has 7 heteroatoms. The summed E-state index contributed by atoms with van der Waals surface area (Å²) in [7, 11) is 0. The number of anilines is 1. The van der Waals surface area contributed by atoms with Crippen molar-refractivity contribution < 1.29 is 9.13 Å². The van der Waals surface area contributed by atoms with Crippen molar-refractivity contribution >= 4 is 28.6 Å². The van der Waals surface area contributed by atoms with E-state index in [9.17, 15) is 9.18 Å². The zero-order chi connectivity index (χ0) is 17.0. The Bertz CT molecular complexity index is 1100. The van der Waals surface area contributed by atoms with E-state index in [0.29, 0.717) is 29.5 Å². The molecule has 5 rings (SSSR count). The van der Waals surface area contributed by atoms with Crippen LogP contribution in [0, 0.1) is 0 Å². The van der Waals surface area contributed by atoms with E-state index < -0.39 is 5.83 Å². The molecule has 0 saturated carbocycles. The lowest BCUT2D eigenvalue weighted by Crippen LogP contribution is -2.31. The van der Waals surface area contributed by atoms with Crippen molar-refractivity contribution in [3.8, 4) is 11.1 Å². The lowest BCUT2D eigenvalue weighted by atomic mass is 10.1. The van der Waals surface area contributed by atoms with Gasteiger partial charge in [-0.25, -0.2) is 9.07 Å². The molecule has 3 heterocycles. The van der Waals surface area contributed by atoms with Crippen LogP contribution in [0.3, 0.4) is 0 Å². The van der Waals surface area contributed by atoms with Crippen LogP contribution in [0.5, 0.6) is 0 Å². The molecular weight excluding hydrogens is 323 g/mol. The number of aromatic nitrogens is 2. The van der Waals surface area contributed by atoms with Gasteiger partial charge in [-0.1, -0.05) is 0 Å². The van der Waals surface area contributed by atoms with Gasteiger partial charge in [-0.05, 0) is 37.1 Å². The molecule has 0 bridgehead atoms. The van der Waals surface area contributed by atoms with Gasteiger partial charge in [0.05, 0.1) is 28.8 Å². The van der Waals surface area contributed by atoms with E-state index in [1.165, 1.54) is 0 Å². The maximum Gasteiger partial charge on any atom is 0.274 e. The second kappa shape index (κ2) is 5.35. The van der Waals surface area contributed by atoms with Crippen molar-refractivity contribution in [3.63, 3.8) is 0 Å². The SMILES string of the molecule is O=c1c2ccc3c(c4ccc(nn1C1CCOCC1)c2-4)NN=CC=3F. The molecule has 0 atom stereocenters. The number of ether oxygens (including phenoxy) is 1. The summed E-state index contributed by atoms with van der Waals surface area (Å²) in [5.41, 5.74) is 5.50. The number of hydrogen-bond acceptors (Lipinski definition) is 5. The van der Waals surface area contributed by atoms with Crippen molar-refractivity contribution in [3.05, 3.63) is 39.8 Å². The van der Waals surface area contributed by atoms with Crippen LogP contribution in [0.25, 0.3) is 27.9 Å². The third-order valence-electron chi connectivity index (χ3n) is 4.96. The molecule has 4 aliphatic rings. The summed E-state index contributed by atoms with van der Waals surface area (Å²) in [5.74, 6) is -0.426. The zero-order valence-electron chi connectivity index (χ0n) is 13.3. The van der Waals surface area contributed by atoms with E-state index in [1.54, 1.807) is 16.8 Å². The van der Waals surface area contributed by atoms with Crippen LogP contribution in [-0.4, -0.2) is 29.2 Å². The van der Waals surface area contributed by atoms with Crippen LogP contribution in [0.15, 0.2) is 34.2 Å². The summed E-state index contributed by atoms with van der Waals surface area (Å²) >= 11 is 0. The fraction of sp³-hybridized carbons (Fsp3) is 0.278. The minimum absolute atomic E-state index is 0.0317. The summed E-state index contributed by atoms with van der Waals surface area (Å²) in [6.07, 6.45) is 2.67. The normalized spacial score (nSPS) is 17.9. The molecule has 126 valence electrons. The fourth-order valence-electron chi connectivity index (χ4n) is 3.70. The highest BCUT2D eigenvalue weighted by Crippen LogP contribution is 2.35. The molecule has 2 aliphatic carbocycles. The number of nitrogens with zero attached hydrogens (tertiary/aromatic N) is 3. The van der Waals surface area contributed by atoms with Crippen LogP contribution in [0.2, 0.25) is 0 Å². The van der Waals surface area contributed by atoms with Gasteiger partial charge in [0.25, 0.3) is 5.56 Å². The number of rotatable bonds is 1. The molecule has 0 unspecified atom stereocenters. The van der Waals surface area contributed by atoms with Gasteiger partial charge in [-0.15, -0.1) is 0 Å². The van der Waals surface area contributed by atoms with E-state index in [4.69, 9.17) is 4.74 Å². The van der Waals surface area contributed by atoms with Crippen LogP contribution in [-0.2, 0) is 4.74 Å². The van der Waals surface area contributed by atoms with Gasteiger partial charge in [0.2, 0.25) is 0 Å². The maximum atomic E-state index is 14.2. The van der Waals surface area contributed by atoms with Crippen LogP contribution in [0.4, 0.5) is 10.1 Å². The van der Waals surface area contributed by atoms with E-state index >= 15 is 0 Å². The monoisotopic (exact) mass is 338 g/mol. The third-order valence-corrected chi connectivity index (χ3v) is 4.96. The molecule has 1 aromatic heterocycles. The third kappa shape index (κ3) is 2.09. The molecule has 1 aromatic rings. The highest BCUT2D eigenvalue weighted by atomic mass is 19.1. The molecule has 1 fully saturated rings. The van der Waals surface area contributed by atoms with E-state index in [0.717, 1.165) is 35.7 Å². The smallest absolute Gasteiger partial charge is 0.274 e. The Balaban J connectivity index is 1.84. The summed E-state index contributed by atoms with van der Waals surface area (Å²) in [6, 6.07) is 7.08. The van der Waals surface area contributed by atoms with Crippen LogP contribution < -0.4 is 16.2 Å². The molecule has 1 N–H and O–H groups in total. The first-order chi connectivity index (χ1) is 12.2. The summed E-state index contributed by atoms with van der Waals surface area (Å²) in [4.78, 5) is 13.1. The van der Waals surface area contributed by atoms with E-state index in [1.807, 2.05) is 12.1 Å². The first-order valence-corrected chi connectivity index (χ1v) is 8.28. The molecule has 0 radical (unpaired) electrons. The van der Waals surface area contributed by atoms with Crippen molar-refractivity contribution in [2.75, 3.05) is 18.6 Å². The van der Waals surface area contributed by atoms with Crippen LogP contribution in [0.1, 0.15) is 18.9 Å². The molecule has 6 nitrogen and oxygen atoms in total. The summed E-state index contributed by atoms with van der Waals surface area (Å²) in [5, 5.41) is 9.37. The zero-order valence-corrected chi connectivity index (χ0v) is 13.3. The maximum absolute atomic E-state index is 14.2. The lowest BCUT2D eigenvalue weighted by molar-refractivity contribution is 0.0652. The largest absolute Gasteiger partial charge is 0.381 e. The lowest BCUT2D eigenvalue weighted by Gasteiger charge is -2.23. The number of halogens is 1. The number of hydrazone groups is 1. The van der Waals surface area contributed by atoms with E-state index in [2.05, 4.69) is 15.6 Å². The molecule has 0 amide bonds. The molecular formula is C18H15FN4O2. The Morgan fingerprint density at radius 1 is 1.20 bits per heavy atom. The average molecular weight is 338 g/mol. The molecule has 1 saturated heterocycles. The first-order valence-electron chi connectivity index (χ1n) is 8.28. The predicted octanol–water partition coefficient (Wildman–Crippen LogP) is 2.06. The van der Waals surface area contributed by atoms with Crippen molar-refractivity contribution in [1.29, 1.82) is 0 Å². The van der Waals surface area contributed by atoms with Gasteiger partial charge in [0, 0.05) is 29.6 Å². The second-order valence-corrected chi connectivity index (χ2v) is 6.35. The fourth-order valence-corrected chi connectivity index (χ4v) is 3.70. The molecule has 0 spiro atoms. The van der Waals surface area contributed by atoms with Crippen molar-refractivity contribution in [1.82, 2.24) is 9.78 Å². The Morgan fingerprint density at radius 2 is 2.04 bits per heavy atom. The highest BCUT2D eigenvalue weighted by molar-refractivity contribution is 6.06. The number of fused-ring (bicyclic) bond motifs is 2. The van der Waals surface area contributed by atoms with Gasteiger partial charge >= 0.3 is 0 Å². The van der Waals surface area contributed by atoms with Gasteiger partial charge in [0.1, 0.15) is 0 Å². The molecule has 25 heavy (non-hydrogen) atoms. The first kappa shape index (κ1) is 14.5. The quantitative estimate of drug-likeness (QED) is 0.737. The van der Waals surface area contributed by atoms with Gasteiger partial charge in [-0.3, -0.25) is 10.2 Å². The molecule has 0 aromatic carbocycles. The van der Waals surface area contributed by atoms with Gasteiger partial charge in [-0.2, -0.15) is 10.2 Å². The van der Waals surface area contributed by atoms with Gasteiger partial charge < -0.3 is 4.74 Å². The van der Waals surface area contributed by atoms with Gasteiger partial charge in [0.15, 0.2) is 5.83 Å². The van der Waals surface area contributed by atoms with E-state index in [-0.39, 0.29) is 11.6 Å². The number of nitrogens with one attached hydrogen (secondary N) is 1. The van der Waals surface area contributed by atoms with Crippen molar-refractivity contribution in [2.45, 2.75) is 18.9 Å². The molecule has 2 aliphatic heterocycles. The highest BCUT2D eigenvalue weighted by Gasteiger charge is 2.24. The average Bonchev–Trinajstić information content (AvgIpc) is 2.97. The number of hydrogen-bond donors (Lipinski definition) is 1. The minimum atomic E-state index is -0.426. The topological polar surface area (TPSA) is 68.5 Å². The predicted molar refractivity (Wildman–Crippen MR) is 93.6 cm³/mol. The Kier molecular flexibility index (Phi) is 3.11. The van der Waals surface area contributed by atoms with Crippen molar-refractivity contribution in [2.24, 2.45) is 5.10 Å². The van der Waals surface area contributed by atoms with Crippen LogP contribution >= 0.6 is 0 Å². The standard InChI is InChI=1S/C18H15FN4O2/c19-14-9-20-21-17-11(14)1-2-13-16-12(17)3-4-15(16)22-23(18(13)24)10-5-7-25-8-6-10/h1-4,9-10,21H,5-8H2. The summed E-state index contributed by atoms with van der Waals surface area (Å²) in [6.45, 7) is 1.26. The minimum Gasteiger partial charge on any atom is -0.381 e.